The molecule has 2 amide bonds. The number of H-pyrrole nitrogens is 1. The van der Waals surface area contributed by atoms with Crippen LogP contribution in [0.5, 0.6) is 0 Å². The predicted octanol–water partition coefficient (Wildman–Crippen LogP) is 3.92. The van der Waals surface area contributed by atoms with Gasteiger partial charge in [-0.2, -0.15) is 0 Å². The zero-order chi connectivity index (χ0) is 27.0. The van der Waals surface area contributed by atoms with Crippen LogP contribution in [0.1, 0.15) is 53.9 Å². The molecule has 1 aliphatic heterocycles. The van der Waals surface area contributed by atoms with Crippen molar-refractivity contribution in [3.63, 3.8) is 0 Å². The van der Waals surface area contributed by atoms with Crippen LogP contribution in [0.25, 0.3) is 11.3 Å². The lowest BCUT2D eigenvalue weighted by Gasteiger charge is -2.35. The van der Waals surface area contributed by atoms with E-state index in [4.69, 9.17) is 0 Å². The molecule has 2 atom stereocenters. The fourth-order valence-corrected chi connectivity index (χ4v) is 5.90. The number of nitrogens with one attached hydrogen (secondary N) is 2. The number of pyridine rings is 1. The number of aromatic amines is 1. The van der Waals surface area contributed by atoms with Crippen LogP contribution in [-0.2, 0) is 22.4 Å². The van der Waals surface area contributed by atoms with Crippen molar-refractivity contribution in [2.45, 2.75) is 45.6 Å². The number of aromatic nitrogens is 2. The van der Waals surface area contributed by atoms with Gasteiger partial charge in [0.15, 0.2) is 5.78 Å². The van der Waals surface area contributed by atoms with Gasteiger partial charge in [-0.05, 0) is 50.7 Å². The third kappa shape index (κ3) is 5.00. The number of likely N-dealkylation sites (N-methyl/N-ethyl adjacent to an activating group) is 1. The van der Waals surface area contributed by atoms with Crippen molar-refractivity contribution in [1.82, 2.24) is 19.8 Å². The Morgan fingerprint density at radius 3 is 2.63 bits per heavy atom. The van der Waals surface area contributed by atoms with Gasteiger partial charge in [-0.3, -0.25) is 14.4 Å². The molecule has 1 aromatic carbocycles. The topological polar surface area (TPSA) is 98.4 Å². The smallest absolute Gasteiger partial charge is 0.229 e. The minimum atomic E-state index is -0.795. The quantitative estimate of drug-likeness (QED) is 0.521. The van der Waals surface area contributed by atoms with Crippen molar-refractivity contribution < 1.29 is 14.4 Å². The normalized spacial score (nSPS) is 21.0. The summed E-state index contributed by atoms with van der Waals surface area (Å²) in [5.74, 6) is 0.297. The van der Waals surface area contributed by atoms with E-state index < -0.39 is 5.41 Å². The molecule has 198 valence electrons. The van der Waals surface area contributed by atoms with Crippen molar-refractivity contribution in [2.24, 2.45) is 5.41 Å². The summed E-state index contributed by atoms with van der Waals surface area (Å²) in [6.45, 7) is 4.79. The van der Waals surface area contributed by atoms with E-state index in [2.05, 4.69) is 20.2 Å². The van der Waals surface area contributed by atoms with Crippen LogP contribution in [0.15, 0.2) is 48.7 Å². The van der Waals surface area contributed by atoms with E-state index >= 15 is 0 Å². The number of hydrogen-bond acceptors (Lipinski definition) is 5. The highest BCUT2D eigenvalue weighted by molar-refractivity contribution is 6.05. The summed E-state index contributed by atoms with van der Waals surface area (Å²) in [5, 5.41) is 2.74. The number of fused-ring (bicyclic) bond motifs is 1. The lowest BCUT2D eigenvalue weighted by molar-refractivity contribution is -0.140. The van der Waals surface area contributed by atoms with Crippen LogP contribution >= 0.6 is 0 Å². The van der Waals surface area contributed by atoms with Gasteiger partial charge < -0.3 is 20.1 Å². The third-order valence-electron chi connectivity index (χ3n) is 7.85. The van der Waals surface area contributed by atoms with Gasteiger partial charge >= 0.3 is 0 Å². The molecule has 0 saturated carbocycles. The number of likely N-dealkylation sites (tertiary alicyclic amines) is 1. The van der Waals surface area contributed by atoms with Crippen LogP contribution in [0.4, 0.5) is 5.82 Å². The average Bonchev–Trinajstić information content (AvgIpc) is 3.50. The van der Waals surface area contributed by atoms with Crippen LogP contribution in [0.3, 0.4) is 0 Å². The summed E-state index contributed by atoms with van der Waals surface area (Å²) in [7, 11) is 4.09. The second-order valence-corrected chi connectivity index (χ2v) is 11.1. The van der Waals surface area contributed by atoms with Gasteiger partial charge in [0.1, 0.15) is 5.82 Å². The zero-order valence-electron chi connectivity index (χ0n) is 22.5. The lowest BCUT2D eigenvalue weighted by atomic mass is 9.72. The largest absolute Gasteiger partial charge is 0.358 e. The number of rotatable bonds is 6. The van der Waals surface area contributed by atoms with Gasteiger partial charge in [-0.15, -0.1) is 0 Å². The molecule has 8 heteroatoms. The third-order valence-corrected chi connectivity index (χ3v) is 7.85. The second kappa shape index (κ2) is 10.2. The Kier molecular flexibility index (Phi) is 6.92. The van der Waals surface area contributed by atoms with Gasteiger partial charge in [-0.25, -0.2) is 4.98 Å². The Bertz CT molecular complexity index is 1380. The molecule has 0 radical (unpaired) electrons. The van der Waals surface area contributed by atoms with E-state index in [0.29, 0.717) is 36.8 Å². The van der Waals surface area contributed by atoms with E-state index in [-0.39, 0.29) is 24.0 Å². The van der Waals surface area contributed by atoms with E-state index in [1.165, 1.54) is 6.92 Å². The van der Waals surface area contributed by atoms with E-state index in [1.54, 1.807) is 6.20 Å². The first-order chi connectivity index (χ1) is 18.1. The summed E-state index contributed by atoms with van der Waals surface area (Å²) in [5.41, 5.74) is 4.37. The van der Waals surface area contributed by atoms with Crippen molar-refractivity contribution in [2.75, 3.05) is 32.5 Å². The number of hydrogen-bond donors (Lipinski definition) is 2. The number of carbonyl (C=O) groups is 3. The van der Waals surface area contributed by atoms with Crippen molar-refractivity contribution in [3.05, 3.63) is 71.0 Å². The maximum absolute atomic E-state index is 13.8. The van der Waals surface area contributed by atoms with Gasteiger partial charge in [0.05, 0.1) is 11.1 Å². The highest BCUT2D eigenvalue weighted by Gasteiger charge is 2.46. The molecule has 38 heavy (non-hydrogen) atoms. The van der Waals surface area contributed by atoms with Gasteiger partial charge in [-0.1, -0.05) is 30.3 Å². The Labute approximate surface area is 223 Å². The Balaban J connectivity index is 1.53. The zero-order valence-corrected chi connectivity index (χ0v) is 22.5. The maximum atomic E-state index is 13.8. The molecule has 5 rings (SSSR count). The highest BCUT2D eigenvalue weighted by Crippen LogP contribution is 2.42. The summed E-state index contributed by atoms with van der Waals surface area (Å²) >= 11 is 0. The molecule has 8 nitrogen and oxygen atoms in total. The van der Waals surface area contributed by atoms with Crippen LogP contribution in [0, 0.1) is 5.41 Å². The molecule has 3 aromatic rings. The molecule has 3 heterocycles. The molecule has 2 aromatic heterocycles. The maximum Gasteiger partial charge on any atom is 0.229 e. The molecule has 1 fully saturated rings. The van der Waals surface area contributed by atoms with E-state index in [9.17, 15) is 14.4 Å². The molecule has 2 aliphatic rings. The molecule has 0 spiro atoms. The summed E-state index contributed by atoms with van der Waals surface area (Å²) < 4.78 is 0. The van der Waals surface area contributed by atoms with E-state index in [1.807, 2.05) is 68.4 Å². The minimum absolute atomic E-state index is 0.00460. The van der Waals surface area contributed by atoms with E-state index in [0.717, 1.165) is 41.0 Å². The molecular weight excluding hydrogens is 478 g/mol. The number of benzene rings is 1. The van der Waals surface area contributed by atoms with Crippen molar-refractivity contribution >= 4 is 23.4 Å². The van der Waals surface area contributed by atoms with Crippen molar-refractivity contribution in [1.29, 1.82) is 0 Å². The number of carbonyl (C=O) groups excluding carboxylic acids is 3. The van der Waals surface area contributed by atoms with Gasteiger partial charge in [0, 0.05) is 68.3 Å². The Morgan fingerprint density at radius 2 is 1.95 bits per heavy atom. The standard InChI is InChI=1S/C30H35N5O3/c1-19(36)32-26-15-21(10-12-31-26)28-23(14-20-8-6-5-7-9-20)27-24(33-28)16-30(2,17-25(27)37)29(38)35-13-11-22(18-35)34(3)4/h5-10,12,15,22,33H,11,13-14,16-18H2,1-4H3,(H,31,32,36)/t22-,30?/m1/s1. The molecule has 0 bridgehead atoms. The first-order valence-electron chi connectivity index (χ1n) is 13.2. The summed E-state index contributed by atoms with van der Waals surface area (Å²) in [6.07, 6.45) is 3.83. The fraction of sp³-hybridized carbons (Fsp3) is 0.400. The lowest BCUT2D eigenvalue weighted by Crippen LogP contribution is -2.46. The molecule has 1 saturated heterocycles. The van der Waals surface area contributed by atoms with Crippen LogP contribution in [0.2, 0.25) is 0 Å². The Hall–Kier alpha value is -3.78. The van der Waals surface area contributed by atoms with Gasteiger partial charge in [0.2, 0.25) is 11.8 Å². The number of Topliss-reactive ketones (excluding diaryl/α,β-unsaturated/α-hetero) is 1. The molecule has 1 aliphatic carbocycles. The van der Waals surface area contributed by atoms with Crippen LogP contribution < -0.4 is 5.32 Å². The molecular formula is C30H35N5O3. The monoisotopic (exact) mass is 513 g/mol. The van der Waals surface area contributed by atoms with Crippen molar-refractivity contribution in [3.8, 4) is 11.3 Å². The first kappa shape index (κ1) is 25.9. The number of ketones is 1. The number of anilines is 1. The first-order valence-corrected chi connectivity index (χ1v) is 13.2. The predicted molar refractivity (Wildman–Crippen MR) is 147 cm³/mol. The summed E-state index contributed by atoms with van der Waals surface area (Å²) in [6, 6.07) is 14.1. The highest BCUT2D eigenvalue weighted by atomic mass is 16.2. The fourth-order valence-electron chi connectivity index (χ4n) is 5.90. The average molecular weight is 514 g/mol. The second-order valence-electron chi connectivity index (χ2n) is 11.1. The van der Waals surface area contributed by atoms with Gasteiger partial charge in [0.25, 0.3) is 0 Å². The Morgan fingerprint density at radius 1 is 1.18 bits per heavy atom. The number of amides is 2. The number of nitrogens with zero attached hydrogens (tertiary/aromatic N) is 3. The van der Waals surface area contributed by atoms with Crippen LogP contribution in [-0.4, -0.2) is 70.6 Å². The summed E-state index contributed by atoms with van der Waals surface area (Å²) in [4.78, 5) is 51.1. The minimum Gasteiger partial charge on any atom is -0.358 e. The molecule has 2 N–H and O–H groups in total. The molecule has 1 unspecified atom stereocenters. The SMILES string of the molecule is CC(=O)Nc1cc(-c2[nH]c3c(c2Cc2ccccc2)C(=O)CC(C)(C(=O)N2CC[C@@H](N(C)C)C2)C3)ccn1.